The van der Waals surface area contributed by atoms with Crippen molar-refractivity contribution in [2.45, 2.75) is 12.3 Å². The number of aromatic carboxylic acids is 1. The molecule has 0 aliphatic carbocycles. The van der Waals surface area contributed by atoms with Crippen LogP contribution in [0.4, 0.5) is 5.69 Å². The van der Waals surface area contributed by atoms with Gasteiger partial charge in [-0.1, -0.05) is 6.07 Å². The molecular formula is C24H24N2O7. The third-order valence-electron chi connectivity index (χ3n) is 5.71. The van der Waals surface area contributed by atoms with E-state index in [9.17, 15) is 14.7 Å². The lowest BCUT2D eigenvalue weighted by atomic mass is 9.88. The van der Waals surface area contributed by atoms with Gasteiger partial charge in [-0.15, -0.1) is 0 Å². The SMILES string of the molecule is COc1ccc(OC)c(-n2cc(C(=O)O)c3c2[C@H](c2ccc(OC)c(OC)c2)CC(=O)N3)c1. The zero-order chi connectivity index (χ0) is 23.7. The first kappa shape index (κ1) is 22.1. The van der Waals surface area contributed by atoms with Crippen molar-refractivity contribution in [1.82, 2.24) is 4.57 Å². The smallest absolute Gasteiger partial charge is 0.339 e. The van der Waals surface area contributed by atoms with Crippen molar-refractivity contribution < 1.29 is 33.6 Å². The van der Waals surface area contributed by atoms with Gasteiger partial charge in [-0.25, -0.2) is 4.79 Å². The molecule has 0 bridgehead atoms. The van der Waals surface area contributed by atoms with E-state index in [1.165, 1.54) is 20.4 Å². The maximum Gasteiger partial charge on any atom is 0.339 e. The molecule has 1 aliphatic rings. The molecule has 172 valence electrons. The van der Waals surface area contributed by atoms with Gasteiger partial charge in [0.25, 0.3) is 0 Å². The van der Waals surface area contributed by atoms with Gasteiger partial charge in [0.15, 0.2) is 11.5 Å². The molecule has 0 saturated heterocycles. The number of nitrogens with one attached hydrogen (secondary N) is 1. The summed E-state index contributed by atoms with van der Waals surface area (Å²) in [7, 11) is 6.16. The van der Waals surface area contributed by atoms with Crippen LogP contribution in [0.5, 0.6) is 23.0 Å². The monoisotopic (exact) mass is 452 g/mol. The van der Waals surface area contributed by atoms with Gasteiger partial charge in [-0.2, -0.15) is 0 Å². The average molecular weight is 452 g/mol. The van der Waals surface area contributed by atoms with Crippen molar-refractivity contribution in [2.24, 2.45) is 0 Å². The lowest BCUT2D eigenvalue weighted by Crippen LogP contribution is -2.25. The normalized spacial score (nSPS) is 14.8. The van der Waals surface area contributed by atoms with Gasteiger partial charge in [0, 0.05) is 24.6 Å². The van der Waals surface area contributed by atoms with Gasteiger partial charge in [0.2, 0.25) is 5.91 Å². The third kappa shape index (κ3) is 3.82. The number of hydrogen-bond donors (Lipinski definition) is 2. The molecule has 1 amide bonds. The Bertz CT molecular complexity index is 1230. The molecular weight excluding hydrogens is 428 g/mol. The Morgan fingerprint density at radius 1 is 0.970 bits per heavy atom. The van der Waals surface area contributed by atoms with Gasteiger partial charge in [0.05, 0.1) is 45.5 Å². The molecule has 1 atom stereocenters. The third-order valence-corrected chi connectivity index (χ3v) is 5.71. The number of carboxylic acid groups (broad SMARTS) is 1. The lowest BCUT2D eigenvalue weighted by molar-refractivity contribution is -0.116. The highest BCUT2D eigenvalue weighted by Gasteiger charge is 2.35. The first-order valence-electron chi connectivity index (χ1n) is 10.1. The number of carboxylic acids is 1. The Labute approximate surface area is 190 Å². The lowest BCUT2D eigenvalue weighted by Gasteiger charge is -2.27. The molecule has 1 aliphatic heterocycles. The van der Waals surface area contributed by atoms with Crippen molar-refractivity contribution in [3.05, 3.63) is 59.4 Å². The maximum atomic E-state index is 12.6. The summed E-state index contributed by atoms with van der Waals surface area (Å²) in [5.41, 5.74) is 2.21. The zero-order valence-corrected chi connectivity index (χ0v) is 18.7. The van der Waals surface area contributed by atoms with Crippen LogP contribution in [-0.4, -0.2) is 50.0 Å². The summed E-state index contributed by atoms with van der Waals surface area (Å²) < 4.78 is 23.4. The second-order valence-electron chi connectivity index (χ2n) is 7.44. The molecule has 2 N–H and O–H groups in total. The van der Waals surface area contributed by atoms with Crippen LogP contribution in [0.25, 0.3) is 5.69 Å². The molecule has 2 heterocycles. The number of methoxy groups -OCH3 is 4. The number of hydrogen-bond acceptors (Lipinski definition) is 6. The van der Waals surface area contributed by atoms with Crippen molar-refractivity contribution in [3.63, 3.8) is 0 Å². The van der Waals surface area contributed by atoms with Crippen LogP contribution in [0.15, 0.2) is 42.6 Å². The van der Waals surface area contributed by atoms with Gasteiger partial charge in [0.1, 0.15) is 17.1 Å². The van der Waals surface area contributed by atoms with E-state index in [0.717, 1.165) is 5.56 Å². The van der Waals surface area contributed by atoms with Gasteiger partial charge >= 0.3 is 5.97 Å². The van der Waals surface area contributed by atoms with Crippen molar-refractivity contribution in [1.29, 1.82) is 0 Å². The summed E-state index contributed by atoms with van der Waals surface area (Å²) in [6.45, 7) is 0. The molecule has 0 saturated carbocycles. The molecule has 9 nitrogen and oxygen atoms in total. The van der Waals surface area contributed by atoms with E-state index < -0.39 is 11.9 Å². The Kier molecular flexibility index (Phi) is 5.87. The molecule has 9 heteroatoms. The second-order valence-corrected chi connectivity index (χ2v) is 7.44. The van der Waals surface area contributed by atoms with E-state index >= 15 is 0 Å². The van der Waals surface area contributed by atoms with E-state index in [0.29, 0.717) is 34.4 Å². The van der Waals surface area contributed by atoms with Crippen molar-refractivity contribution in [3.8, 4) is 28.7 Å². The Balaban J connectivity index is 1.99. The van der Waals surface area contributed by atoms with Crippen LogP contribution in [0.1, 0.15) is 34.0 Å². The van der Waals surface area contributed by atoms with Crippen LogP contribution in [0.3, 0.4) is 0 Å². The van der Waals surface area contributed by atoms with Crippen molar-refractivity contribution in [2.75, 3.05) is 33.8 Å². The summed E-state index contributed by atoms with van der Waals surface area (Å²) in [6, 6.07) is 10.7. The number of carbonyl (C=O) groups is 2. The highest BCUT2D eigenvalue weighted by molar-refractivity contribution is 6.04. The van der Waals surface area contributed by atoms with Gasteiger partial charge in [-0.05, 0) is 29.8 Å². The van der Waals surface area contributed by atoms with E-state index in [2.05, 4.69) is 5.32 Å². The van der Waals surface area contributed by atoms with Crippen LogP contribution in [0, 0.1) is 0 Å². The number of rotatable bonds is 7. The molecule has 0 fully saturated rings. The molecule has 2 aromatic carbocycles. The number of fused-ring (bicyclic) bond motifs is 1. The molecule has 33 heavy (non-hydrogen) atoms. The number of carbonyl (C=O) groups excluding carboxylic acids is 1. The fourth-order valence-electron chi connectivity index (χ4n) is 4.16. The highest BCUT2D eigenvalue weighted by Crippen LogP contribution is 2.44. The molecule has 0 radical (unpaired) electrons. The molecule has 4 rings (SSSR count). The molecule has 0 unspecified atom stereocenters. The maximum absolute atomic E-state index is 12.6. The fraction of sp³-hybridized carbons (Fsp3) is 0.250. The zero-order valence-electron chi connectivity index (χ0n) is 18.7. The summed E-state index contributed by atoms with van der Waals surface area (Å²) in [4.78, 5) is 24.7. The second kappa shape index (κ2) is 8.78. The van der Waals surface area contributed by atoms with Crippen LogP contribution < -0.4 is 24.3 Å². The van der Waals surface area contributed by atoms with Gasteiger partial charge < -0.3 is 33.9 Å². The average Bonchev–Trinajstić information content (AvgIpc) is 3.22. The van der Waals surface area contributed by atoms with Crippen LogP contribution in [0.2, 0.25) is 0 Å². The minimum Gasteiger partial charge on any atom is -0.497 e. The Hall–Kier alpha value is -4.14. The van der Waals surface area contributed by atoms with Crippen molar-refractivity contribution >= 4 is 17.6 Å². The quantitative estimate of drug-likeness (QED) is 0.563. The van der Waals surface area contributed by atoms with E-state index in [-0.39, 0.29) is 23.6 Å². The predicted octanol–water partition coefficient (Wildman–Crippen LogP) is 3.68. The van der Waals surface area contributed by atoms with Crippen LogP contribution in [-0.2, 0) is 4.79 Å². The topological polar surface area (TPSA) is 108 Å². The Morgan fingerprint density at radius 2 is 1.67 bits per heavy atom. The number of benzene rings is 2. The number of ether oxygens (including phenoxy) is 4. The predicted molar refractivity (Wildman–Crippen MR) is 120 cm³/mol. The summed E-state index contributed by atoms with van der Waals surface area (Å²) in [6.07, 6.45) is 1.61. The minimum atomic E-state index is -1.15. The summed E-state index contributed by atoms with van der Waals surface area (Å²) in [5.74, 6) is 0.287. The molecule has 1 aromatic heterocycles. The first-order valence-corrected chi connectivity index (χ1v) is 10.1. The van der Waals surface area contributed by atoms with Gasteiger partial charge in [-0.3, -0.25) is 4.79 Å². The first-order chi connectivity index (χ1) is 15.9. The molecule has 0 spiro atoms. The van der Waals surface area contributed by atoms with E-state index in [4.69, 9.17) is 18.9 Å². The van der Waals surface area contributed by atoms with E-state index in [1.54, 1.807) is 49.1 Å². The summed E-state index contributed by atoms with van der Waals surface area (Å²) >= 11 is 0. The largest absolute Gasteiger partial charge is 0.497 e. The number of aromatic nitrogens is 1. The number of anilines is 1. The van der Waals surface area contributed by atoms with E-state index in [1.807, 2.05) is 6.07 Å². The Morgan fingerprint density at radius 3 is 2.30 bits per heavy atom. The standard InChI is InChI=1S/C24H24N2O7/c1-30-14-6-8-18(31-2)17(10-14)26-12-16(24(28)29)22-23(26)15(11-21(27)25-22)13-5-7-19(32-3)20(9-13)33-4/h5-10,12,15H,11H2,1-4H3,(H,25,27)(H,28,29)/t15-/m0/s1. The number of nitrogens with zero attached hydrogens (tertiary/aromatic N) is 1. The highest BCUT2D eigenvalue weighted by atomic mass is 16.5. The number of amides is 1. The van der Waals surface area contributed by atoms with Crippen LogP contribution >= 0.6 is 0 Å². The minimum absolute atomic E-state index is 0.0200. The fourth-order valence-corrected chi connectivity index (χ4v) is 4.16. The summed E-state index contributed by atoms with van der Waals surface area (Å²) in [5, 5.41) is 12.6. The molecule has 3 aromatic rings.